The van der Waals surface area contributed by atoms with Crippen molar-refractivity contribution in [3.8, 4) is 0 Å². The highest BCUT2D eigenvalue weighted by molar-refractivity contribution is 7.98. The lowest BCUT2D eigenvalue weighted by molar-refractivity contribution is 0.598. The number of nitrogens with one attached hydrogen (secondary N) is 2. The number of hydrogen-bond acceptors (Lipinski definition) is 9. The molecule has 1 saturated carbocycles. The summed E-state index contributed by atoms with van der Waals surface area (Å²) in [5.41, 5.74) is 0.759. The van der Waals surface area contributed by atoms with E-state index in [9.17, 15) is 8.42 Å². The summed E-state index contributed by atoms with van der Waals surface area (Å²) in [4.78, 5) is 14.4. The molecule has 2 heterocycles. The van der Waals surface area contributed by atoms with Gasteiger partial charge in [0.25, 0.3) is 0 Å². The van der Waals surface area contributed by atoms with Gasteiger partial charge in [-0.2, -0.15) is 0 Å². The number of fused-ring (bicyclic) bond motifs is 1. The zero-order valence-corrected chi connectivity index (χ0v) is 17.6. The highest BCUT2D eigenvalue weighted by atomic mass is 32.2. The largest absolute Gasteiger partial charge is 0.359 e. The van der Waals surface area contributed by atoms with Crippen LogP contribution in [0, 0.1) is 0 Å². The maximum atomic E-state index is 11.5. The van der Waals surface area contributed by atoms with Crippen LogP contribution in [0.15, 0.2) is 40.4 Å². The molecule has 4 N–H and O–H groups in total. The molecular weight excluding hydrogens is 416 g/mol. The van der Waals surface area contributed by atoms with Crippen molar-refractivity contribution in [3.63, 3.8) is 0 Å². The third-order valence-electron chi connectivity index (χ3n) is 4.65. The molecular formula is C17H20N6O2S3. The number of anilines is 2. The Morgan fingerprint density at radius 1 is 1.18 bits per heavy atom. The first-order valence-corrected chi connectivity index (χ1v) is 12.3. The van der Waals surface area contributed by atoms with E-state index in [0.717, 1.165) is 39.5 Å². The second kappa shape index (κ2) is 7.82. The minimum atomic E-state index is -3.71. The monoisotopic (exact) mass is 436 g/mol. The van der Waals surface area contributed by atoms with Crippen LogP contribution in [0.3, 0.4) is 0 Å². The molecule has 1 fully saturated rings. The smallest absolute Gasteiger partial charge is 0.238 e. The van der Waals surface area contributed by atoms with E-state index in [1.54, 1.807) is 23.9 Å². The molecule has 0 bridgehead atoms. The molecule has 1 aliphatic carbocycles. The average molecular weight is 437 g/mol. The van der Waals surface area contributed by atoms with E-state index in [-0.39, 0.29) is 4.90 Å². The molecule has 148 valence electrons. The second-order valence-corrected chi connectivity index (χ2v) is 10.1. The van der Waals surface area contributed by atoms with Gasteiger partial charge in [0, 0.05) is 29.4 Å². The summed E-state index contributed by atoms with van der Waals surface area (Å²) in [5, 5.41) is 12.8. The molecule has 0 radical (unpaired) electrons. The lowest BCUT2D eigenvalue weighted by atomic mass is 10.2. The molecule has 0 unspecified atom stereocenters. The minimum absolute atomic E-state index is 0.104. The summed E-state index contributed by atoms with van der Waals surface area (Å²) < 4.78 is 23.8. The number of nitrogens with zero attached hydrogens (tertiary/aromatic N) is 3. The quantitative estimate of drug-likeness (QED) is 0.504. The van der Waals surface area contributed by atoms with E-state index in [1.807, 2.05) is 18.6 Å². The Labute approximate surface area is 171 Å². The number of sulfonamides is 1. The van der Waals surface area contributed by atoms with Crippen LogP contribution in [-0.4, -0.2) is 41.7 Å². The van der Waals surface area contributed by atoms with Crippen LogP contribution in [0.5, 0.6) is 0 Å². The number of primary sulfonamides is 1. The molecule has 1 aliphatic rings. The summed E-state index contributed by atoms with van der Waals surface area (Å²) in [6, 6.07) is 5.34. The van der Waals surface area contributed by atoms with Crippen molar-refractivity contribution in [3.05, 3.63) is 30.6 Å². The van der Waals surface area contributed by atoms with Gasteiger partial charge in [0.1, 0.15) is 0 Å². The van der Waals surface area contributed by atoms with Crippen LogP contribution >= 0.6 is 23.1 Å². The van der Waals surface area contributed by atoms with Gasteiger partial charge in [0.2, 0.25) is 16.0 Å². The topological polar surface area (TPSA) is 123 Å². The number of thiazole rings is 1. The van der Waals surface area contributed by atoms with Gasteiger partial charge in [-0.1, -0.05) is 11.3 Å². The summed E-state index contributed by atoms with van der Waals surface area (Å²) in [6.07, 6.45) is 8.61. The van der Waals surface area contributed by atoms with Gasteiger partial charge in [-0.05, 0) is 43.7 Å². The SMILES string of the molecule is CSc1cnc(N[C@@H]2CC[C@@H](Nc3nc4ccc(S(N)(=O)=O)cc4s3)C2)nc1. The minimum Gasteiger partial charge on any atom is -0.359 e. The zero-order chi connectivity index (χ0) is 19.7. The van der Waals surface area contributed by atoms with Crippen molar-refractivity contribution in [2.24, 2.45) is 5.14 Å². The third kappa shape index (κ3) is 4.37. The Bertz CT molecular complexity index is 1080. The van der Waals surface area contributed by atoms with Crippen molar-refractivity contribution in [1.82, 2.24) is 15.0 Å². The fourth-order valence-electron chi connectivity index (χ4n) is 3.24. The molecule has 4 rings (SSSR count). The summed E-state index contributed by atoms with van der Waals surface area (Å²) in [6.45, 7) is 0. The lowest BCUT2D eigenvalue weighted by Crippen LogP contribution is -2.21. The van der Waals surface area contributed by atoms with Gasteiger partial charge < -0.3 is 10.6 Å². The van der Waals surface area contributed by atoms with Gasteiger partial charge in [-0.3, -0.25) is 0 Å². The van der Waals surface area contributed by atoms with Crippen LogP contribution in [-0.2, 0) is 10.0 Å². The van der Waals surface area contributed by atoms with E-state index in [4.69, 9.17) is 5.14 Å². The van der Waals surface area contributed by atoms with Crippen LogP contribution in [0.2, 0.25) is 0 Å². The number of nitrogens with two attached hydrogens (primary N) is 1. The molecule has 11 heteroatoms. The Kier molecular flexibility index (Phi) is 5.41. The number of benzene rings is 1. The molecule has 1 aromatic carbocycles. The average Bonchev–Trinajstić information content (AvgIpc) is 3.27. The van der Waals surface area contributed by atoms with Crippen LogP contribution < -0.4 is 15.8 Å². The third-order valence-corrected chi connectivity index (χ3v) is 7.19. The van der Waals surface area contributed by atoms with E-state index in [1.165, 1.54) is 17.4 Å². The lowest BCUT2D eigenvalue weighted by Gasteiger charge is -2.14. The molecule has 2 atom stereocenters. The fraction of sp³-hybridized carbons (Fsp3) is 0.353. The van der Waals surface area contributed by atoms with Crippen molar-refractivity contribution in [2.45, 2.75) is 41.1 Å². The maximum Gasteiger partial charge on any atom is 0.238 e. The van der Waals surface area contributed by atoms with Gasteiger partial charge >= 0.3 is 0 Å². The normalized spacial score (nSPS) is 19.8. The van der Waals surface area contributed by atoms with Gasteiger partial charge in [-0.25, -0.2) is 28.5 Å². The van der Waals surface area contributed by atoms with E-state index in [2.05, 4.69) is 25.6 Å². The Balaban J connectivity index is 1.39. The number of hydrogen-bond donors (Lipinski definition) is 3. The number of aromatic nitrogens is 3. The molecule has 0 amide bonds. The van der Waals surface area contributed by atoms with Crippen molar-refractivity contribution in [1.29, 1.82) is 0 Å². The summed E-state index contributed by atoms with van der Waals surface area (Å²) in [7, 11) is -3.71. The molecule has 28 heavy (non-hydrogen) atoms. The van der Waals surface area contributed by atoms with Crippen LogP contribution in [0.1, 0.15) is 19.3 Å². The molecule has 3 aromatic rings. The highest BCUT2D eigenvalue weighted by Gasteiger charge is 2.26. The molecule has 8 nitrogen and oxygen atoms in total. The van der Waals surface area contributed by atoms with Crippen molar-refractivity contribution >= 4 is 54.4 Å². The Morgan fingerprint density at radius 2 is 1.89 bits per heavy atom. The van der Waals surface area contributed by atoms with E-state index < -0.39 is 10.0 Å². The standard InChI is InChI=1S/C17H20N6O2S3/c1-26-12-8-19-16(20-9-12)21-10-2-3-11(6-10)22-17-23-14-5-4-13(28(18,24)25)7-15(14)27-17/h4-5,7-11H,2-3,6H2,1H3,(H,22,23)(H2,18,24,25)(H,19,20,21)/t10-,11-/m1/s1. The van der Waals surface area contributed by atoms with Gasteiger partial charge in [-0.15, -0.1) is 11.8 Å². The maximum absolute atomic E-state index is 11.5. The predicted octanol–water partition coefficient (Wildman–Crippen LogP) is 2.90. The first-order chi connectivity index (χ1) is 13.4. The van der Waals surface area contributed by atoms with E-state index >= 15 is 0 Å². The first kappa shape index (κ1) is 19.4. The Hall–Kier alpha value is -1.95. The van der Waals surface area contributed by atoms with Crippen molar-refractivity contribution < 1.29 is 8.42 Å². The molecule has 0 aliphatic heterocycles. The first-order valence-electron chi connectivity index (χ1n) is 8.73. The molecule has 0 saturated heterocycles. The van der Waals surface area contributed by atoms with Crippen molar-refractivity contribution in [2.75, 3.05) is 16.9 Å². The predicted molar refractivity (Wildman–Crippen MR) is 113 cm³/mol. The van der Waals surface area contributed by atoms with Gasteiger partial charge in [0.15, 0.2) is 5.13 Å². The highest BCUT2D eigenvalue weighted by Crippen LogP contribution is 2.31. The summed E-state index contributed by atoms with van der Waals surface area (Å²) >= 11 is 3.05. The second-order valence-electron chi connectivity index (χ2n) is 6.64. The summed E-state index contributed by atoms with van der Waals surface area (Å²) in [5.74, 6) is 0.652. The van der Waals surface area contributed by atoms with Crippen LogP contribution in [0.4, 0.5) is 11.1 Å². The molecule has 0 spiro atoms. The van der Waals surface area contributed by atoms with Crippen LogP contribution in [0.25, 0.3) is 10.2 Å². The van der Waals surface area contributed by atoms with Gasteiger partial charge in [0.05, 0.1) is 15.1 Å². The Morgan fingerprint density at radius 3 is 2.57 bits per heavy atom. The zero-order valence-electron chi connectivity index (χ0n) is 15.1. The number of rotatable bonds is 6. The number of thioether (sulfide) groups is 1. The van der Waals surface area contributed by atoms with E-state index in [0.29, 0.717) is 18.0 Å². The molecule has 2 aromatic heterocycles. The fourth-order valence-corrected chi connectivity index (χ4v) is 5.15.